The molecule has 21 heavy (non-hydrogen) atoms. The number of nitrogens with one attached hydrogen (secondary N) is 1. The second-order valence-corrected chi connectivity index (χ2v) is 5.56. The highest BCUT2D eigenvalue weighted by molar-refractivity contribution is 7.97. The van der Waals surface area contributed by atoms with Gasteiger partial charge in [0.05, 0.1) is 5.88 Å². The third-order valence-corrected chi connectivity index (χ3v) is 4.06. The summed E-state index contributed by atoms with van der Waals surface area (Å²) in [7, 11) is 0. The SMILES string of the molecule is NCSNC(=O)OCC1c2ccccc2-c2ccccc21. The summed E-state index contributed by atoms with van der Waals surface area (Å²) in [5.74, 6) is 0.413. The fraction of sp³-hybridized carbons (Fsp3) is 0.188. The predicted octanol–water partition coefficient (Wildman–Crippen LogP) is 3.09. The first kappa shape index (κ1) is 14.0. The number of hydrogen-bond acceptors (Lipinski definition) is 4. The lowest BCUT2D eigenvalue weighted by Gasteiger charge is -2.14. The van der Waals surface area contributed by atoms with E-state index < -0.39 is 6.09 Å². The standard InChI is InChI=1S/C16H16N2O2S/c17-10-21-18-16(19)20-9-15-13-7-3-1-5-11(13)12-6-2-4-8-14(12)15/h1-8,15H,9-10,17H2,(H,18,19). The highest BCUT2D eigenvalue weighted by Gasteiger charge is 2.28. The average molecular weight is 300 g/mol. The molecule has 0 saturated heterocycles. The molecule has 0 heterocycles. The van der Waals surface area contributed by atoms with Crippen LogP contribution < -0.4 is 10.5 Å². The molecule has 4 nitrogen and oxygen atoms in total. The maximum Gasteiger partial charge on any atom is 0.417 e. The molecule has 2 aromatic rings. The zero-order valence-electron chi connectivity index (χ0n) is 11.4. The topological polar surface area (TPSA) is 64.3 Å². The molecule has 3 rings (SSSR count). The van der Waals surface area contributed by atoms with Gasteiger partial charge in [-0.3, -0.25) is 4.72 Å². The van der Waals surface area contributed by atoms with Crippen LogP contribution in [0.25, 0.3) is 11.1 Å². The predicted molar refractivity (Wildman–Crippen MR) is 84.9 cm³/mol. The monoisotopic (exact) mass is 300 g/mol. The van der Waals surface area contributed by atoms with Gasteiger partial charge in [0.1, 0.15) is 6.61 Å². The summed E-state index contributed by atoms with van der Waals surface area (Å²) in [5, 5.41) is 0. The number of ether oxygens (including phenoxy) is 1. The molecule has 0 aliphatic heterocycles. The summed E-state index contributed by atoms with van der Waals surface area (Å²) >= 11 is 1.12. The number of hydrogen-bond donors (Lipinski definition) is 2. The van der Waals surface area contributed by atoms with Gasteiger partial charge in [0.2, 0.25) is 0 Å². The van der Waals surface area contributed by atoms with Gasteiger partial charge >= 0.3 is 6.09 Å². The molecule has 3 N–H and O–H groups in total. The lowest BCUT2D eigenvalue weighted by molar-refractivity contribution is 0.150. The highest BCUT2D eigenvalue weighted by Crippen LogP contribution is 2.44. The van der Waals surface area contributed by atoms with Gasteiger partial charge in [0.25, 0.3) is 0 Å². The number of nitrogens with two attached hydrogens (primary N) is 1. The molecule has 5 heteroatoms. The van der Waals surface area contributed by atoms with Gasteiger partial charge in [0.15, 0.2) is 0 Å². The molecule has 1 amide bonds. The van der Waals surface area contributed by atoms with Crippen molar-refractivity contribution in [2.45, 2.75) is 5.92 Å². The minimum absolute atomic E-state index is 0.0889. The quantitative estimate of drug-likeness (QED) is 0.673. The molecule has 0 atom stereocenters. The van der Waals surface area contributed by atoms with Crippen molar-refractivity contribution >= 4 is 18.0 Å². The lowest BCUT2D eigenvalue weighted by atomic mass is 9.98. The molecule has 108 valence electrons. The van der Waals surface area contributed by atoms with Gasteiger partial charge in [-0.2, -0.15) is 0 Å². The Hall–Kier alpha value is -1.98. The van der Waals surface area contributed by atoms with Crippen molar-refractivity contribution in [1.82, 2.24) is 4.72 Å². The molecule has 1 aliphatic carbocycles. The van der Waals surface area contributed by atoms with E-state index in [0.29, 0.717) is 12.5 Å². The number of amides is 1. The summed E-state index contributed by atoms with van der Waals surface area (Å²) in [4.78, 5) is 11.6. The molecular weight excluding hydrogens is 284 g/mol. The van der Waals surface area contributed by atoms with Crippen molar-refractivity contribution in [3.05, 3.63) is 59.7 Å². The number of fused-ring (bicyclic) bond motifs is 3. The zero-order chi connectivity index (χ0) is 14.7. The Labute approximate surface area is 127 Å². The molecule has 0 saturated carbocycles. The first-order valence-electron chi connectivity index (χ1n) is 6.74. The third-order valence-electron chi connectivity index (χ3n) is 3.58. The summed E-state index contributed by atoms with van der Waals surface area (Å²) in [6.45, 7) is 0.324. The summed E-state index contributed by atoms with van der Waals surface area (Å²) in [5.41, 5.74) is 10.2. The van der Waals surface area contributed by atoms with Crippen molar-refractivity contribution in [3.63, 3.8) is 0 Å². The van der Waals surface area contributed by atoms with Crippen LogP contribution in [0.2, 0.25) is 0 Å². The molecule has 0 unspecified atom stereocenters. The smallest absolute Gasteiger partial charge is 0.417 e. The molecular formula is C16H16N2O2S. The van der Waals surface area contributed by atoms with Gasteiger partial charge in [0, 0.05) is 5.92 Å². The fourth-order valence-electron chi connectivity index (χ4n) is 2.73. The van der Waals surface area contributed by atoms with Crippen LogP contribution in [0.15, 0.2) is 48.5 Å². The maximum absolute atomic E-state index is 11.6. The van der Waals surface area contributed by atoms with Crippen LogP contribution in [0.3, 0.4) is 0 Å². The summed E-state index contributed by atoms with van der Waals surface area (Å²) in [6.07, 6.45) is -0.452. The minimum Gasteiger partial charge on any atom is -0.448 e. The number of carbonyl (C=O) groups is 1. The van der Waals surface area contributed by atoms with E-state index in [2.05, 4.69) is 29.0 Å². The third kappa shape index (κ3) is 2.75. The van der Waals surface area contributed by atoms with Crippen molar-refractivity contribution in [1.29, 1.82) is 0 Å². The Kier molecular flexibility index (Phi) is 4.13. The van der Waals surface area contributed by atoms with Gasteiger partial charge in [-0.1, -0.05) is 48.5 Å². The lowest BCUT2D eigenvalue weighted by Crippen LogP contribution is -2.21. The van der Waals surface area contributed by atoms with Crippen LogP contribution in [-0.4, -0.2) is 18.6 Å². The summed E-state index contributed by atoms with van der Waals surface area (Å²) in [6, 6.07) is 16.5. The normalized spacial score (nSPS) is 12.6. The largest absolute Gasteiger partial charge is 0.448 e. The molecule has 0 spiro atoms. The Balaban J connectivity index is 1.81. The molecule has 0 bridgehead atoms. The number of carbonyl (C=O) groups excluding carboxylic acids is 1. The van der Waals surface area contributed by atoms with Gasteiger partial charge in [-0.15, -0.1) is 0 Å². The highest BCUT2D eigenvalue weighted by atomic mass is 32.2. The average Bonchev–Trinajstić information content (AvgIpc) is 2.85. The van der Waals surface area contributed by atoms with E-state index in [-0.39, 0.29) is 5.92 Å². The molecule has 0 fully saturated rings. The second-order valence-electron chi connectivity index (χ2n) is 4.74. The van der Waals surface area contributed by atoms with E-state index in [9.17, 15) is 4.79 Å². The molecule has 0 radical (unpaired) electrons. The van der Waals surface area contributed by atoms with E-state index in [0.717, 1.165) is 11.9 Å². The molecule has 0 aromatic heterocycles. The van der Waals surface area contributed by atoms with Crippen molar-refractivity contribution in [2.75, 3.05) is 12.5 Å². The Morgan fingerprint density at radius 1 is 1.10 bits per heavy atom. The molecule has 1 aliphatic rings. The van der Waals surface area contributed by atoms with Crippen molar-refractivity contribution in [3.8, 4) is 11.1 Å². The maximum atomic E-state index is 11.6. The number of benzene rings is 2. The van der Waals surface area contributed by atoms with Crippen LogP contribution in [0.4, 0.5) is 4.79 Å². The first-order chi connectivity index (χ1) is 10.3. The Morgan fingerprint density at radius 2 is 1.67 bits per heavy atom. The van der Waals surface area contributed by atoms with E-state index in [1.807, 2.05) is 24.3 Å². The Morgan fingerprint density at radius 3 is 2.24 bits per heavy atom. The Bertz CT molecular complexity index is 615. The van der Waals surface area contributed by atoms with Crippen LogP contribution in [0.5, 0.6) is 0 Å². The zero-order valence-corrected chi connectivity index (χ0v) is 12.2. The second kappa shape index (κ2) is 6.20. The molecule has 2 aromatic carbocycles. The number of rotatable bonds is 4. The van der Waals surface area contributed by atoms with Crippen LogP contribution >= 0.6 is 11.9 Å². The fourth-order valence-corrected chi connectivity index (χ4v) is 2.99. The van der Waals surface area contributed by atoms with Gasteiger partial charge in [-0.25, -0.2) is 4.79 Å². The van der Waals surface area contributed by atoms with Crippen LogP contribution in [0.1, 0.15) is 17.0 Å². The summed E-state index contributed by atoms with van der Waals surface area (Å²) < 4.78 is 7.85. The minimum atomic E-state index is -0.452. The van der Waals surface area contributed by atoms with Gasteiger partial charge in [-0.05, 0) is 34.2 Å². The van der Waals surface area contributed by atoms with Crippen molar-refractivity contribution < 1.29 is 9.53 Å². The van der Waals surface area contributed by atoms with Crippen LogP contribution in [-0.2, 0) is 4.74 Å². The van der Waals surface area contributed by atoms with Gasteiger partial charge < -0.3 is 10.5 Å². The van der Waals surface area contributed by atoms with E-state index >= 15 is 0 Å². The van der Waals surface area contributed by atoms with Crippen LogP contribution in [0, 0.1) is 0 Å². The van der Waals surface area contributed by atoms with E-state index in [1.54, 1.807) is 0 Å². The van der Waals surface area contributed by atoms with E-state index in [1.165, 1.54) is 22.3 Å². The first-order valence-corrected chi connectivity index (χ1v) is 7.72. The van der Waals surface area contributed by atoms with E-state index in [4.69, 9.17) is 10.5 Å². The van der Waals surface area contributed by atoms with Crippen molar-refractivity contribution in [2.24, 2.45) is 5.73 Å².